The monoisotopic (exact) mass is 224 g/mol. The van der Waals surface area contributed by atoms with Gasteiger partial charge in [0.25, 0.3) is 0 Å². The molecule has 1 aliphatic heterocycles. The first kappa shape index (κ1) is 13.5. The van der Waals surface area contributed by atoms with E-state index in [4.69, 9.17) is 9.47 Å². The second-order valence-electron chi connectivity index (χ2n) is 5.14. The van der Waals surface area contributed by atoms with Crippen molar-refractivity contribution in [1.82, 2.24) is 0 Å². The third kappa shape index (κ3) is 3.46. The Morgan fingerprint density at radius 2 is 2.31 bits per heavy atom. The summed E-state index contributed by atoms with van der Waals surface area (Å²) in [6.45, 7) is 14.9. The van der Waals surface area contributed by atoms with Gasteiger partial charge in [0.05, 0.1) is 12.2 Å². The quantitative estimate of drug-likeness (QED) is 0.663. The van der Waals surface area contributed by atoms with Crippen molar-refractivity contribution < 1.29 is 9.47 Å². The van der Waals surface area contributed by atoms with Crippen LogP contribution < -0.4 is 0 Å². The van der Waals surface area contributed by atoms with E-state index in [1.54, 1.807) is 6.08 Å². The van der Waals surface area contributed by atoms with Gasteiger partial charge in [0.1, 0.15) is 0 Å². The maximum absolute atomic E-state index is 6.03. The van der Waals surface area contributed by atoms with Gasteiger partial charge in [0, 0.05) is 6.42 Å². The standard InChI is InChI=1S/C14H24O2/c1-6-9-15-13-8-7-12(4)14(5,16-13)10-11(2)3/h6,11,13H,1,4,7-10H2,2-3,5H3. The fourth-order valence-corrected chi connectivity index (χ4v) is 2.25. The minimum Gasteiger partial charge on any atom is -0.349 e. The minimum absolute atomic E-state index is 0.104. The van der Waals surface area contributed by atoms with Crippen LogP contribution in [0, 0.1) is 5.92 Å². The van der Waals surface area contributed by atoms with Crippen molar-refractivity contribution in [2.24, 2.45) is 5.92 Å². The summed E-state index contributed by atoms with van der Waals surface area (Å²) in [5.74, 6) is 0.597. The third-order valence-electron chi connectivity index (χ3n) is 3.02. The molecule has 2 nitrogen and oxygen atoms in total. The molecule has 0 radical (unpaired) electrons. The molecule has 16 heavy (non-hydrogen) atoms. The summed E-state index contributed by atoms with van der Waals surface area (Å²) in [6.07, 6.45) is 4.55. The first-order valence-electron chi connectivity index (χ1n) is 6.06. The Morgan fingerprint density at radius 1 is 1.62 bits per heavy atom. The molecule has 0 aromatic heterocycles. The first-order valence-corrected chi connectivity index (χ1v) is 6.06. The smallest absolute Gasteiger partial charge is 0.159 e. The normalized spacial score (nSPS) is 30.8. The largest absolute Gasteiger partial charge is 0.349 e. The molecule has 0 bridgehead atoms. The van der Waals surface area contributed by atoms with Crippen LogP contribution in [0.2, 0.25) is 0 Å². The molecule has 2 unspecified atom stereocenters. The predicted octanol–water partition coefficient (Wildman–Crippen LogP) is 3.69. The summed E-state index contributed by atoms with van der Waals surface area (Å²) in [4.78, 5) is 0. The lowest BCUT2D eigenvalue weighted by atomic mass is 9.83. The Morgan fingerprint density at radius 3 is 2.88 bits per heavy atom. The molecule has 2 heteroatoms. The Hall–Kier alpha value is -0.600. The maximum Gasteiger partial charge on any atom is 0.159 e. The molecule has 2 atom stereocenters. The SMILES string of the molecule is C=CCOC1CCC(=C)C(C)(CC(C)C)O1. The average Bonchev–Trinajstić information content (AvgIpc) is 2.19. The molecule has 0 N–H and O–H groups in total. The van der Waals surface area contributed by atoms with Crippen molar-refractivity contribution in [1.29, 1.82) is 0 Å². The zero-order valence-electron chi connectivity index (χ0n) is 10.8. The third-order valence-corrected chi connectivity index (χ3v) is 3.02. The van der Waals surface area contributed by atoms with Crippen LogP contribution in [0.15, 0.2) is 24.8 Å². The van der Waals surface area contributed by atoms with Crippen LogP contribution in [0.4, 0.5) is 0 Å². The first-order chi connectivity index (χ1) is 7.48. The van der Waals surface area contributed by atoms with Crippen LogP contribution in [0.1, 0.15) is 40.0 Å². The van der Waals surface area contributed by atoms with Crippen LogP contribution in [-0.4, -0.2) is 18.5 Å². The predicted molar refractivity (Wildman–Crippen MR) is 67.3 cm³/mol. The molecule has 1 rings (SSSR count). The van der Waals surface area contributed by atoms with E-state index in [0.717, 1.165) is 19.3 Å². The number of ether oxygens (including phenoxy) is 2. The zero-order valence-corrected chi connectivity index (χ0v) is 10.8. The van der Waals surface area contributed by atoms with E-state index in [0.29, 0.717) is 12.5 Å². The summed E-state index contributed by atoms with van der Waals surface area (Å²) in [5, 5.41) is 0. The van der Waals surface area contributed by atoms with E-state index in [1.165, 1.54) is 5.57 Å². The van der Waals surface area contributed by atoms with Crippen molar-refractivity contribution in [3.8, 4) is 0 Å². The second kappa shape index (κ2) is 5.65. The van der Waals surface area contributed by atoms with Crippen molar-refractivity contribution in [3.05, 3.63) is 24.8 Å². The lowest BCUT2D eigenvalue weighted by molar-refractivity contribution is -0.210. The zero-order chi connectivity index (χ0) is 12.2. The Balaban J connectivity index is 2.59. The molecule has 0 saturated carbocycles. The molecule has 0 aromatic rings. The number of hydrogen-bond acceptors (Lipinski definition) is 2. The van der Waals surface area contributed by atoms with E-state index >= 15 is 0 Å². The average molecular weight is 224 g/mol. The molecule has 0 amide bonds. The van der Waals surface area contributed by atoms with Crippen molar-refractivity contribution >= 4 is 0 Å². The van der Waals surface area contributed by atoms with Crippen LogP contribution in [-0.2, 0) is 9.47 Å². The van der Waals surface area contributed by atoms with Gasteiger partial charge in [-0.05, 0) is 31.3 Å². The van der Waals surface area contributed by atoms with Gasteiger partial charge in [-0.3, -0.25) is 0 Å². The second-order valence-corrected chi connectivity index (χ2v) is 5.14. The lowest BCUT2D eigenvalue weighted by Gasteiger charge is -2.41. The molecular weight excluding hydrogens is 200 g/mol. The minimum atomic E-state index is -0.224. The summed E-state index contributed by atoms with van der Waals surface area (Å²) >= 11 is 0. The Bertz CT molecular complexity index is 255. The van der Waals surface area contributed by atoms with E-state index in [1.807, 2.05) is 0 Å². The topological polar surface area (TPSA) is 18.5 Å². The fourth-order valence-electron chi connectivity index (χ4n) is 2.25. The molecule has 1 heterocycles. The molecular formula is C14H24O2. The van der Waals surface area contributed by atoms with Gasteiger partial charge in [-0.2, -0.15) is 0 Å². The van der Waals surface area contributed by atoms with Gasteiger partial charge in [-0.1, -0.05) is 26.5 Å². The van der Waals surface area contributed by atoms with Crippen LogP contribution >= 0.6 is 0 Å². The Kier molecular flexibility index (Phi) is 4.75. The van der Waals surface area contributed by atoms with Gasteiger partial charge < -0.3 is 9.47 Å². The van der Waals surface area contributed by atoms with Crippen LogP contribution in [0.3, 0.4) is 0 Å². The lowest BCUT2D eigenvalue weighted by Crippen LogP contribution is -2.42. The molecule has 0 spiro atoms. The Labute approximate surface area is 99.3 Å². The highest BCUT2D eigenvalue weighted by Crippen LogP contribution is 2.37. The van der Waals surface area contributed by atoms with Crippen molar-refractivity contribution in [2.45, 2.75) is 51.9 Å². The van der Waals surface area contributed by atoms with Gasteiger partial charge in [0.2, 0.25) is 0 Å². The molecule has 1 fully saturated rings. The summed E-state index contributed by atoms with van der Waals surface area (Å²) in [7, 11) is 0. The van der Waals surface area contributed by atoms with Gasteiger partial charge in [0.15, 0.2) is 6.29 Å². The molecule has 1 aliphatic rings. The van der Waals surface area contributed by atoms with Crippen LogP contribution in [0.25, 0.3) is 0 Å². The van der Waals surface area contributed by atoms with Gasteiger partial charge in [-0.25, -0.2) is 0 Å². The summed E-state index contributed by atoms with van der Waals surface area (Å²) < 4.78 is 11.6. The van der Waals surface area contributed by atoms with E-state index in [-0.39, 0.29) is 11.9 Å². The summed E-state index contributed by atoms with van der Waals surface area (Å²) in [5.41, 5.74) is 0.970. The molecule has 0 aromatic carbocycles. The molecule has 0 aliphatic carbocycles. The van der Waals surface area contributed by atoms with E-state index in [2.05, 4.69) is 33.9 Å². The van der Waals surface area contributed by atoms with Gasteiger partial charge >= 0.3 is 0 Å². The van der Waals surface area contributed by atoms with Crippen LogP contribution in [0.5, 0.6) is 0 Å². The van der Waals surface area contributed by atoms with E-state index < -0.39 is 0 Å². The number of rotatable bonds is 5. The van der Waals surface area contributed by atoms with Crippen molar-refractivity contribution in [3.63, 3.8) is 0 Å². The highest BCUT2D eigenvalue weighted by molar-refractivity contribution is 5.14. The molecule has 1 saturated heterocycles. The number of hydrogen-bond donors (Lipinski definition) is 0. The van der Waals surface area contributed by atoms with Gasteiger partial charge in [-0.15, -0.1) is 6.58 Å². The molecule has 92 valence electrons. The maximum atomic E-state index is 6.03. The highest BCUT2D eigenvalue weighted by atomic mass is 16.7. The van der Waals surface area contributed by atoms with E-state index in [9.17, 15) is 0 Å². The fraction of sp³-hybridized carbons (Fsp3) is 0.714. The highest BCUT2D eigenvalue weighted by Gasteiger charge is 2.36. The summed E-state index contributed by atoms with van der Waals surface area (Å²) in [6, 6.07) is 0. The van der Waals surface area contributed by atoms with Crippen molar-refractivity contribution in [2.75, 3.05) is 6.61 Å².